The van der Waals surface area contributed by atoms with Crippen molar-refractivity contribution >= 4 is 29.0 Å². The van der Waals surface area contributed by atoms with Gasteiger partial charge in [0.25, 0.3) is 5.91 Å². The molecule has 6 heteroatoms. The molecule has 0 atom stereocenters. The molecule has 0 saturated heterocycles. The zero-order chi connectivity index (χ0) is 19.1. The topological polar surface area (TPSA) is 77.8 Å². The summed E-state index contributed by atoms with van der Waals surface area (Å²) in [6.45, 7) is 0.703. The standard InChI is InChI=1S/C21H17ClN4O/c22-18-6-3-4-15(12-18)10-11-24-20-9-8-17(14-25-20)21(27)26-19-7-2-1-5-16(19)13-23/h1-9,12,14H,10-11H2,(H,24,25)(H,26,27). The number of hydrogen-bond donors (Lipinski definition) is 2. The maximum atomic E-state index is 12.3. The molecule has 1 aromatic heterocycles. The molecule has 0 spiro atoms. The van der Waals surface area contributed by atoms with Crippen LogP contribution in [0.1, 0.15) is 21.5 Å². The van der Waals surface area contributed by atoms with Crippen LogP contribution in [-0.4, -0.2) is 17.4 Å². The fourth-order valence-corrected chi connectivity index (χ4v) is 2.76. The summed E-state index contributed by atoms with van der Waals surface area (Å²) in [5.74, 6) is 0.377. The number of halogens is 1. The van der Waals surface area contributed by atoms with E-state index in [0.717, 1.165) is 17.0 Å². The Balaban J connectivity index is 1.56. The Morgan fingerprint density at radius 2 is 1.96 bits per heavy atom. The molecule has 3 aromatic rings. The Bertz CT molecular complexity index is 980. The molecule has 0 fully saturated rings. The fourth-order valence-electron chi connectivity index (χ4n) is 2.54. The van der Waals surface area contributed by atoms with Crippen molar-refractivity contribution in [2.75, 3.05) is 17.2 Å². The number of para-hydroxylation sites is 1. The van der Waals surface area contributed by atoms with Gasteiger partial charge in [-0.2, -0.15) is 5.26 Å². The number of carbonyl (C=O) groups excluding carboxylic acids is 1. The summed E-state index contributed by atoms with van der Waals surface area (Å²) in [7, 11) is 0. The summed E-state index contributed by atoms with van der Waals surface area (Å²) in [6, 6.07) is 20.1. The number of rotatable bonds is 6. The van der Waals surface area contributed by atoms with Gasteiger partial charge in [-0.15, -0.1) is 0 Å². The number of amides is 1. The fraction of sp³-hybridized carbons (Fsp3) is 0.0952. The highest BCUT2D eigenvalue weighted by Gasteiger charge is 2.09. The third-order valence-electron chi connectivity index (χ3n) is 3.93. The highest BCUT2D eigenvalue weighted by Crippen LogP contribution is 2.15. The van der Waals surface area contributed by atoms with E-state index in [1.807, 2.05) is 24.3 Å². The zero-order valence-electron chi connectivity index (χ0n) is 14.4. The van der Waals surface area contributed by atoms with Crippen LogP contribution in [0.3, 0.4) is 0 Å². The lowest BCUT2D eigenvalue weighted by Crippen LogP contribution is -2.13. The number of nitrogens with zero attached hydrogens (tertiary/aromatic N) is 2. The third kappa shape index (κ3) is 5.06. The minimum absolute atomic E-state index is 0.310. The quantitative estimate of drug-likeness (QED) is 0.663. The maximum absolute atomic E-state index is 12.3. The molecule has 5 nitrogen and oxygen atoms in total. The number of anilines is 2. The van der Waals surface area contributed by atoms with E-state index < -0.39 is 0 Å². The van der Waals surface area contributed by atoms with Crippen molar-refractivity contribution in [3.63, 3.8) is 0 Å². The monoisotopic (exact) mass is 376 g/mol. The molecule has 0 saturated carbocycles. The van der Waals surface area contributed by atoms with Crippen molar-refractivity contribution in [1.82, 2.24) is 4.98 Å². The van der Waals surface area contributed by atoms with Gasteiger partial charge >= 0.3 is 0 Å². The lowest BCUT2D eigenvalue weighted by molar-refractivity contribution is 0.102. The average Bonchev–Trinajstić information content (AvgIpc) is 2.69. The van der Waals surface area contributed by atoms with Gasteiger partial charge in [0.15, 0.2) is 0 Å². The predicted octanol–water partition coefficient (Wildman–Crippen LogP) is 4.51. The SMILES string of the molecule is N#Cc1ccccc1NC(=O)c1ccc(NCCc2cccc(Cl)c2)nc1. The molecule has 0 bridgehead atoms. The first kappa shape index (κ1) is 18.4. The Labute approximate surface area is 162 Å². The molecule has 1 heterocycles. The van der Waals surface area contributed by atoms with Crippen LogP contribution < -0.4 is 10.6 Å². The molecule has 2 aromatic carbocycles. The van der Waals surface area contributed by atoms with Gasteiger partial charge < -0.3 is 10.6 Å². The average molecular weight is 377 g/mol. The minimum atomic E-state index is -0.310. The molecule has 134 valence electrons. The smallest absolute Gasteiger partial charge is 0.257 e. The zero-order valence-corrected chi connectivity index (χ0v) is 15.2. The van der Waals surface area contributed by atoms with Crippen molar-refractivity contribution < 1.29 is 4.79 Å². The van der Waals surface area contributed by atoms with Crippen molar-refractivity contribution in [2.45, 2.75) is 6.42 Å². The number of carbonyl (C=O) groups is 1. The highest BCUT2D eigenvalue weighted by atomic mass is 35.5. The van der Waals surface area contributed by atoms with Gasteiger partial charge in [0, 0.05) is 17.8 Å². The normalized spacial score (nSPS) is 10.1. The van der Waals surface area contributed by atoms with E-state index >= 15 is 0 Å². The van der Waals surface area contributed by atoms with Crippen molar-refractivity contribution in [3.8, 4) is 6.07 Å². The van der Waals surface area contributed by atoms with E-state index in [1.54, 1.807) is 36.4 Å². The molecule has 0 aliphatic heterocycles. The first-order chi connectivity index (χ1) is 13.2. The van der Waals surface area contributed by atoms with Crippen LogP contribution in [0.25, 0.3) is 0 Å². The van der Waals surface area contributed by atoms with E-state index in [2.05, 4.69) is 21.7 Å². The summed E-state index contributed by atoms with van der Waals surface area (Å²) in [5.41, 5.74) is 2.46. The first-order valence-corrected chi connectivity index (χ1v) is 8.78. The Hall–Kier alpha value is -3.36. The summed E-state index contributed by atoms with van der Waals surface area (Å²) in [6.07, 6.45) is 2.32. The Morgan fingerprint density at radius 3 is 2.70 bits per heavy atom. The Kier molecular flexibility index (Phi) is 6.03. The molecular formula is C21H17ClN4O. The van der Waals surface area contributed by atoms with Gasteiger partial charge in [-0.25, -0.2) is 4.98 Å². The predicted molar refractivity (Wildman–Crippen MR) is 107 cm³/mol. The number of pyridine rings is 1. The number of aromatic nitrogens is 1. The van der Waals surface area contributed by atoms with E-state index in [-0.39, 0.29) is 5.91 Å². The third-order valence-corrected chi connectivity index (χ3v) is 4.17. The first-order valence-electron chi connectivity index (χ1n) is 8.40. The summed E-state index contributed by atoms with van der Waals surface area (Å²) in [4.78, 5) is 16.6. The van der Waals surface area contributed by atoms with Gasteiger partial charge in [-0.3, -0.25) is 4.79 Å². The van der Waals surface area contributed by atoms with Gasteiger partial charge in [0.2, 0.25) is 0 Å². The van der Waals surface area contributed by atoms with E-state index in [9.17, 15) is 4.79 Å². The largest absolute Gasteiger partial charge is 0.370 e. The highest BCUT2D eigenvalue weighted by molar-refractivity contribution is 6.30. The van der Waals surface area contributed by atoms with E-state index in [1.165, 1.54) is 6.20 Å². The number of nitriles is 1. The van der Waals surface area contributed by atoms with Crippen LogP contribution in [0, 0.1) is 11.3 Å². The number of nitrogens with one attached hydrogen (secondary N) is 2. The minimum Gasteiger partial charge on any atom is -0.370 e. The summed E-state index contributed by atoms with van der Waals surface area (Å²) < 4.78 is 0. The van der Waals surface area contributed by atoms with Crippen molar-refractivity contribution in [3.05, 3.63) is 88.6 Å². The van der Waals surface area contributed by atoms with Crippen LogP contribution >= 0.6 is 11.6 Å². The van der Waals surface area contributed by atoms with Crippen LogP contribution in [0.4, 0.5) is 11.5 Å². The van der Waals surface area contributed by atoms with Crippen LogP contribution in [0.2, 0.25) is 5.02 Å². The second-order valence-electron chi connectivity index (χ2n) is 5.85. The molecular weight excluding hydrogens is 360 g/mol. The second-order valence-corrected chi connectivity index (χ2v) is 6.29. The lowest BCUT2D eigenvalue weighted by atomic mass is 10.1. The number of hydrogen-bond acceptors (Lipinski definition) is 4. The molecule has 2 N–H and O–H groups in total. The van der Waals surface area contributed by atoms with Crippen molar-refractivity contribution in [2.24, 2.45) is 0 Å². The van der Waals surface area contributed by atoms with Crippen LogP contribution in [-0.2, 0) is 6.42 Å². The molecule has 0 radical (unpaired) electrons. The van der Waals surface area contributed by atoms with Gasteiger partial charge in [-0.05, 0) is 48.4 Å². The van der Waals surface area contributed by atoms with Gasteiger partial charge in [0.1, 0.15) is 11.9 Å². The Morgan fingerprint density at radius 1 is 1.11 bits per heavy atom. The molecule has 0 aliphatic rings. The summed E-state index contributed by atoms with van der Waals surface area (Å²) in [5, 5.41) is 15.8. The molecule has 0 aliphatic carbocycles. The second kappa shape index (κ2) is 8.84. The van der Waals surface area contributed by atoms with Crippen LogP contribution in [0.5, 0.6) is 0 Å². The molecule has 27 heavy (non-hydrogen) atoms. The summed E-state index contributed by atoms with van der Waals surface area (Å²) >= 11 is 5.98. The number of benzene rings is 2. The van der Waals surface area contributed by atoms with Gasteiger partial charge in [0.05, 0.1) is 16.8 Å². The lowest BCUT2D eigenvalue weighted by Gasteiger charge is -2.08. The van der Waals surface area contributed by atoms with E-state index in [0.29, 0.717) is 29.2 Å². The van der Waals surface area contributed by atoms with Crippen LogP contribution in [0.15, 0.2) is 66.9 Å². The maximum Gasteiger partial charge on any atom is 0.257 e. The molecule has 3 rings (SSSR count). The van der Waals surface area contributed by atoms with Crippen molar-refractivity contribution in [1.29, 1.82) is 5.26 Å². The molecule has 0 unspecified atom stereocenters. The van der Waals surface area contributed by atoms with Gasteiger partial charge in [-0.1, -0.05) is 35.9 Å². The molecule has 1 amide bonds. The van der Waals surface area contributed by atoms with E-state index in [4.69, 9.17) is 16.9 Å².